The molecule has 6 heteroatoms. The third kappa shape index (κ3) is 4.05. The normalized spacial score (nSPS) is 18.9. The summed E-state index contributed by atoms with van der Waals surface area (Å²) in [4.78, 5) is 14.8. The zero-order valence-electron chi connectivity index (χ0n) is 14.2. The first-order valence-corrected chi connectivity index (χ1v) is 10.3. The van der Waals surface area contributed by atoms with Gasteiger partial charge in [-0.15, -0.1) is 0 Å². The smallest absolute Gasteiger partial charge is 0.258 e. The molecule has 0 spiro atoms. The van der Waals surface area contributed by atoms with Crippen molar-refractivity contribution in [2.75, 3.05) is 16.4 Å². The number of carbonyl (C=O) groups is 1. The average molecular weight is 378 g/mol. The van der Waals surface area contributed by atoms with Gasteiger partial charge in [-0.05, 0) is 67.8 Å². The van der Waals surface area contributed by atoms with E-state index in [9.17, 15) is 13.2 Å². The van der Waals surface area contributed by atoms with Crippen molar-refractivity contribution in [3.05, 3.63) is 64.2 Å². The number of halogens is 1. The maximum atomic E-state index is 13.2. The van der Waals surface area contributed by atoms with Gasteiger partial charge in [-0.3, -0.25) is 4.79 Å². The van der Waals surface area contributed by atoms with Crippen LogP contribution in [-0.4, -0.2) is 31.9 Å². The first-order valence-electron chi connectivity index (χ1n) is 8.13. The predicted molar refractivity (Wildman–Crippen MR) is 101 cm³/mol. The van der Waals surface area contributed by atoms with Gasteiger partial charge in [0.25, 0.3) is 5.91 Å². The highest BCUT2D eigenvalue weighted by Crippen LogP contribution is 2.28. The number of hydrogen-bond donors (Lipinski definition) is 0. The molecule has 0 aromatic heterocycles. The monoisotopic (exact) mass is 377 g/mol. The van der Waals surface area contributed by atoms with E-state index in [4.69, 9.17) is 11.6 Å². The van der Waals surface area contributed by atoms with Gasteiger partial charge in [0.05, 0.1) is 17.5 Å². The number of carbonyl (C=O) groups excluding carboxylic acids is 1. The lowest BCUT2D eigenvalue weighted by atomic mass is 10.1. The van der Waals surface area contributed by atoms with Crippen molar-refractivity contribution < 1.29 is 13.2 Å². The van der Waals surface area contributed by atoms with E-state index in [-0.39, 0.29) is 23.5 Å². The summed E-state index contributed by atoms with van der Waals surface area (Å²) >= 11 is 5.91. The highest BCUT2D eigenvalue weighted by atomic mass is 35.5. The molecule has 0 N–H and O–H groups in total. The Morgan fingerprint density at radius 2 is 1.68 bits per heavy atom. The minimum absolute atomic E-state index is 0.000675. The molecule has 1 fully saturated rings. The van der Waals surface area contributed by atoms with Crippen LogP contribution in [0.1, 0.15) is 27.9 Å². The van der Waals surface area contributed by atoms with Gasteiger partial charge in [0, 0.05) is 16.3 Å². The molecule has 2 aromatic carbocycles. The van der Waals surface area contributed by atoms with Crippen molar-refractivity contribution in [3.63, 3.8) is 0 Å². The maximum Gasteiger partial charge on any atom is 0.258 e. The number of benzene rings is 2. The van der Waals surface area contributed by atoms with Crippen LogP contribution in [0.2, 0.25) is 5.02 Å². The Hall–Kier alpha value is -1.85. The van der Waals surface area contributed by atoms with Crippen molar-refractivity contribution in [2.45, 2.75) is 26.3 Å². The van der Waals surface area contributed by atoms with Crippen molar-refractivity contribution in [1.29, 1.82) is 0 Å². The highest BCUT2D eigenvalue weighted by Gasteiger charge is 2.36. The van der Waals surface area contributed by atoms with Crippen LogP contribution in [0.3, 0.4) is 0 Å². The van der Waals surface area contributed by atoms with Gasteiger partial charge in [-0.2, -0.15) is 0 Å². The van der Waals surface area contributed by atoms with Gasteiger partial charge in [0.2, 0.25) is 0 Å². The van der Waals surface area contributed by atoms with Crippen LogP contribution in [0.15, 0.2) is 42.5 Å². The second-order valence-corrected chi connectivity index (χ2v) is 9.25. The fourth-order valence-electron chi connectivity index (χ4n) is 3.29. The second-order valence-electron chi connectivity index (χ2n) is 6.58. The van der Waals surface area contributed by atoms with Gasteiger partial charge in [-0.1, -0.05) is 17.7 Å². The Labute approximate surface area is 153 Å². The van der Waals surface area contributed by atoms with E-state index in [1.807, 2.05) is 32.0 Å². The zero-order chi connectivity index (χ0) is 18.2. The number of rotatable bonds is 3. The van der Waals surface area contributed by atoms with Crippen LogP contribution in [0.25, 0.3) is 0 Å². The van der Waals surface area contributed by atoms with Crippen LogP contribution >= 0.6 is 11.6 Å². The van der Waals surface area contributed by atoms with Crippen LogP contribution in [0.5, 0.6) is 0 Å². The lowest BCUT2D eigenvalue weighted by Gasteiger charge is -2.29. The van der Waals surface area contributed by atoms with E-state index < -0.39 is 9.84 Å². The standard InChI is InChI=1S/C19H20ClNO3S/c1-13-9-14(2)11-18(10-13)21(17-7-8-25(23,24)12-17)19(22)15-3-5-16(20)6-4-15/h3-6,9-11,17H,7-8,12H2,1-2H3. The summed E-state index contributed by atoms with van der Waals surface area (Å²) in [6.07, 6.45) is 0.453. The highest BCUT2D eigenvalue weighted by molar-refractivity contribution is 7.91. The summed E-state index contributed by atoms with van der Waals surface area (Å²) < 4.78 is 23.9. The molecule has 132 valence electrons. The molecule has 4 nitrogen and oxygen atoms in total. The number of anilines is 1. The second kappa shape index (κ2) is 6.81. The largest absolute Gasteiger partial charge is 0.304 e. The van der Waals surface area contributed by atoms with E-state index in [2.05, 4.69) is 0 Å². The molecule has 1 aliphatic heterocycles. The summed E-state index contributed by atoms with van der Waals surface area (Å²) in [5, 5.41) is 0.554. The Kier molecular flexibility index (Phi) is 4.89. The van der Waals surface area contributed by atoms with Crippen molar-refractivity contribution in [1.82, 2.24) is 0 Å². The minimum atomic E-state index is -3.11. The summed E-state index contributed by atoms with van der Waals surface area (Å²) in [7, 11) is -3.11. The van der Waals surface area contributed by atoms with Crippen LogP contribution < -0.4 is 4.90 Å². The maximum absolute atomic E-state index is 13.2. The fourth-order valence-corrected chi connectivity index (χ4v) is 5.12. The van der Waals surface area contributed by atoms with Gasteiger partial charge in [-0.25, -0.2) is 8.42 Å². The molecule has 0 saturated carbocycles. The molecule has 1 heterocycles. The molecular weight excluding hydrogens is 358 g/mol. The number of amides is 1. The zero-order valence-corrected chi connectivity index (χ0v) is 15.8. The van der Waals surface area contributed by atoms with E-state index in [0.29, 0.717) is 17.0 Å². The Morgan fingerprint density at radius 1 is 1.08 bits per heavy atom. The first kappa shape index (κ1) is 18.0. The van der Waals surface area contributed by atoms with E-state index in [1.54, 1.807) is 29.2 Å². The fraction of sp³-hybridized carbons (Fsp3) is 0.316. The summed E-state index contributed by atoms with van der Waals surface area (Å²) in [6, 6.07) is 12.2. The molecule has 0 radical (unpaired) electrons. The van der Waals surface area contributed by atoms with Gasteiger partial charge in [0.15, 0.2) is 9.84 Å². The molecule has 2 aromatic rings. The minimum Gasteiger partial charge on any atom is -0.304 e. The molecule has 1 aliphatic rings. The summed E-state index contributed by atoms with van der Waals surface area (Å²) in [5.74, 6) is -0.0876. The van der Waals surface area contributed by atoms with Crippen molar-refractivity contribution in [3.8, 4) is 0 Å². The van der Waals surface area contributed by atoms with Crippen LogP contribution in [0.4, 0.5) is 5.69 Å². The quantitative estimate of drug-likeness (QED) is 0.817. The van der Waals surface area contributed by atoms with E-state index >= 15 is 0 Å². The SMILES string of the molecule is Cc1cc(C)cc(N(C(=O)c2ccc(Cl)cc2)C2CCS(=O)(=O)C2)c1. The molecule has 1 atom stereocenters. The first-order chi connectivity index (χ1) is 11.7. The third-order valence-electron chi connectivity index (χ3n) is 4.37. The summed E-state index contributed by atoms with van der Waals surface area (Å²) in [5.41, 5.74) is 3.29. The third-order valence-corrected chi connectivity index (χ3v) is 6.37. The lowest BCUT2D eigenvalue weighted by molar-refractivity contribution is 0.0979. The van der Waals surface area contributed by atoms with Gasteiger partial charge < -0.3 is 4.90 Å². The van der Waals surface area contributed by atoms with Crippen molar-refractivity contribution >= 4 is 33.0 Å². The molecule has 1 saturated heterocycles. The molecule has 0 aliphatic carbocycles. The predicted octanol–water partition coefficient (Wildman–Crippen LogP) is 3.79. The Balaban J connectivity index is 2.05. The van der Waals surface area contributed by atoms with E-state index in [1.165, 1.54) is 0 Å². The molecule has 1 amide bonds. The van der Waals surface area contributed by atoms with Crippen molar-refractivity contribution in [2.24, 2.45) is 0 Å². The number of aryl methyl sites for hydroxylation is 2. The topological polar surface area (TPSA) is 54.5 Å². The Morgan fingerprint density at radius 3 is 2.20 bits per heavy atom. The van der Waals surface area contributed by atoms with Gasteiger partial charge in [0.1, 0.15) is 0 Å². The van der Waals surface area contributed by atoms with Crippen LogP contribution in [-0.2, 0) is 9.84 Å². The number of nitrogens with zero attached hydrogens (tertiary/aromatic N) is 1. The molecule has 25 heavy (non-hydrogen) atoms. The molecule has 1 unspecified atom stereocenters. The average Bonchev–Trinajstić information content (AvgIpc) is 2.87. The summed E-state index contributed by atoms with van der Waals surface area (Å²) in [6.45, 7) is 3.93. The van der Waals surface area contributed by atoms with E-state index in [0.717, 1.165) is 16.8 Å². The molecule has 3 rings (SSSR count). The lowest BCUT2D eigenvalue weighted by Crippen LogP contribution is -2.41. The Bertz CT molecular complexity index is 887. The number of hydrogen-bond acceptors (Lipinski definition) is 3. The molecular formula is C19H20ClNO3S. The van der Waals surface area contributed by atoms with Crippen LogP contribution in [0, 0.1) is 13.8 Å². The molecule has 0 bridgehead atoms. The van der Waals surface area contributed by atoms with Gasteiger partial charge >= 0.3 is 0 Å². The number of sulfone groups is 1.